The van der Waals surface area contributed by atoms with Crippen molar-refractivity contribution in [3.8, 4) is 0 Å². The topological polar surface area (TPSA) is 44.8 Å². The quantitative estimate of drug-likeness (QED) is 0.750. The van der Waals surface area contributed by atoms with E-state index in [9.17, 15) is 4.79 Å². The van der Waals surface area contributed by atoms with Crippen molar-refractivity contribution in [1.82, 2.24) is 15.1 Å². The molecule has 1 N–H and O–H groups in total. The molecule has 3 atom stereocenters. The van der Waals surface area contributed by atoms with Crippen molar-refractivity contribution < 1.29 is 9.53 Å². The summed E-state index contributed by atoms with van der Waals surface area (Å²) in [5, 5.41) is 3.39. The maximum absolute atomic E-state index is 12.2. The Labute approximate surface area is 130 Å². The number of likely N-dealkylation sites (N-methyl/N-ethyl adjacent to an activating group) is 1. The number of hydrogen-bond acceptors (Lipinski definition) is 5. The molecule has 0 aromatic carbocycles. The standard InChI is InChI=1S/C16H33N3O2/c1-12(2)17-16(5,15(20)21-7)10-13(3)19-9-8-18(6)11-14(19)4/h12-14,17H,8-11H2,1-7H3. The normalized spacial score (nSPS) is 25.6. The number of nitrogens with one attached hydrogen (secondary N) is 1. The Morgan fingerprint density at radius 3 is 2.48 bits per heavy atom. The highest BCUT2D eigenvalue weighted by atomic mass is 16.5. The smallest absolute Gasteiger partial charge is 0.325 e. The minimum atomic E-state index is -0.634. The van der Waals surface area contributed by atoms with Crippen LogP contribution in [0.2, 0.25) is 0 Å². The third-order valence-corrected chi connectivity index (χ3v) is 4.39. The molecule has 5 nitrogen and oxygen atoms in total. The number of esters is 1. The van der Waals surface area contributed by atoms with Gasteiger partial charge in [0.25, 0.3) is 0 Å². The van der Waals surface area contributed by atoms with E-state index in [0.29, 0.717) is 12.1 Å². The molecule has 0 radical (unpaired) electrons. The molecule has 124 valence electrons. The molecule has 1 heterocycles. The summed E-state index contributed by atoms with van der Waals surface area (Å²) in [6.45, 7) is 13.8. The van der Waals surface area contributed by atoms with Crippen LogP contribution in [0, 0.1) is 0 Å². The van der Waals surface area contributed by atoms with Crippen molar-refractivity contribution in [1.29, 1.82) is 0 Å². The van der Waals surface area contributed by atoms with Gasteiger partial charge in [0.05, 0.1) is 7.11 Å². The predicted octanol–water partition coefficient (Wildman–Crippen LogP) is 1.33. The number of piperazine rings is 1. The van der Waals surface area contributed by atoms with E-state index in [-0.39, 0.29) is 12.0 Å². The van der Waals surface area contributed by atoms with E-state index in [1.807, 2.05) is 6.92 Å². The first kappa shape index (κ1) is 18.4. The summed E-state index contributed by atoms with van der Waals surface area (Å²) in [7, 11) is 3.63. The minimum Gasteiger partial charge on any atom is -0.468 e. The Bertz CT molecular complexity index is 348. The van der Waals surface area contributed by atoms with Crippen molar-refractivity contribution >= 4 is 5.97 Å². The van der Waals surface area contributed by atoms with Crippen LogP contribution < -0.4 is 5.32 Å². The van der Waals surface area contributed by atoms with Gasteiger partial charge in [0.15, 0.2) is 0 Å². The fourth-order valence-electron chi connectivity index (χ4n) is 3.58. The Hall–Kier alpha value is -0.650. The van der Waals surface area contributed by atoms with E-state index in [1.54, 1.807) is 0 Å². The number of rotatable bonds is 6. The zero-order valence-electron chi connectivity index (χ0n) is 14.8. The van der Waals surface area contributed by atoms with E-state index in [2.05, 4.69) is 49.9 Å². The van der Waals surface area contributed by atoms with E-state index in [0.717, 1.165) is 26.1 Å². The van der Waals surface area contributed by atoms with Crippen LogP contribution in [0.5, 0.6) is 0 Å². The van der Waals surface area contributed by atoms with Crippen molar-refractivity contribution in [2.45, 2.75) is 64.7 Å². The van der Waals surface area contributed by atoms with Gasteiger partial charge in [0, 0.05) is 37.8 Å². The lowest BCUT2D eigenvalue weighted by Gasteiger charge is -2.44. The van der Waals surface area contributed by atoms with Crippen LogP contribution in [0.15, 0.2) is 0 Å². The molecule has 0 spiro atoms. The number of carbonyl (C=O) groups excluding carboxylic acids is 1. The van der Waals surface area contributed by atoms with Crippen LogP contribution >= 0.6 is 0 Å². The number of ether oxygens (including phenoxy) is 1. The lowest BCUT2D eigenvalue weighted by atomic mass is 9.91. The maximum atomic E-state index is 12.2. The summed E-state index contributed by atoms with van der Waals surface area (Å²) in [6.07, 6.45) is 0.756. The van der Waals surface area contributed by atoms with Gasteiger partial charge in [-0.05, 0) is 48.1 Å². The summed E-state index contributed by atoms with van der Waals surface area (Å²) < 4.78 is 5.02. The second-order valence-electron chi connectivity index (χ2n) is 7.02. The molecule has 0 aromatic heterocycles. The van der Waals surface area contributed by atoms with Gasteiger partial charge in [-0.25, -0.2) is 0 Å². The lowest BCUT2D eigenvalue weighted by Crippen LogP contribution is -2.59. The molecule has 1 aliphatic heterocycles. The van der Waals surface area contributed by atoms with E-state index in [1.165, 1.54) is 7.11 Å². The Kier molecular flexibility index (Phi) is 6.63. The SMILES string of the molecule is COC(=O)C(C)(CC(C)N1CCN(C)CC1C)NC(C)C. The molecule has 3 unspecified atom stereocenters. The molecular formula is C16H33N3O2. The van der Waals surface area contributed by atoms with E-state index < -0.39 is 5.54 Å². The van der Waals surface area contributed by atoms with Crippen molar-refractivity contribution in [2.75, 3.05) is 33.8 Å². The highest BCUT2D eigenvalue weighted by Crippen LogP contribution is 2.22. The highest BCUT2D eigenvalue weighted by Gasteiger charge is 2.38. The first-order chi connectivity index (χ1) is 9.69. The first-order valence-electron chi connectivity index (χ1n) is 8.00. The summed E-state index contributed by atoms with van der Waals surface area (Å²) in [5.74, 6) is -0.176. The van der Waals surface area contributed by atoms with Gasteiger partial charge >= 0.3 is 5.97 Å². The van der Waals surface area contributed by atoms with Crippen molar-refractivity contribution in [3.63, 3.8) is 0 Å². The molecule has 21 heavy (non-hydrogen) atoms. The second kappa shape index (κ2) is 7.56. The minimum absolute atomic E-state index is 0.176. The number of methoxy groups -OCH3 is 1. The maximum Gasteiger partial charge on any atom is 0.325 e. The molecule has 0 bridgehead atoms. The van der Waals surface area contributed by atoms with Gasteiger partial charge in [-0.3, -0.25) is 15.0 Å². The summed E-state index contributed by atoms with van der Waals surface area (Å²) in [4.78, 5) is 17.1. The summed E-state index contributed by atoms with van der Waals surface area (Å²) in [5.41, 5.74) is -0.634. The first-order valence-corrected chi connectivity index (χ1v) is 8.00. The van der Waals surface area contributed by atoms with Gasteiger partial charge in [0.2, 0.25) is 0 Å². The lowest BCUT2D eigenvalue weighted by molar-refractivity contribution is -0.149. The van der Waals surface area contributed by atoms with Crippen LogP contribution in [0.4, 0.5) is 0 Å². The molecule has 0 amide bonds. The molecule has 1 aliphatic rings. The summed E-state index contributed by atoms with van der Waals surface area (Å²) in [6, 6.07) is 1.09. The number of hydrogen-bond donors (Lipinski definition) is 1. The molecular weight excluding hydrogens is 266 g/mol. The van der Waals surface area contributed by atoms with E-state index in [4.69, 9.17) is 4.74 Å². The van der Waals surface area contributed by atoms with Crippen LogP contribution in [0.3, 0.4) is 0 Å². The molecule has 0 aliphatic carbocycles. The average Bonchev–Trinajstić information content (AvgIpc) is 2.36. The third-order valence-electron chi connectivity index (χ3n) is 4.39. The molecule has 1 saturated heterocycles. The fourth-order valence-corrected chi connectivity index (χ4v) is 3.58. The molecule has 5 heteroatoms. The van der Waals surface area contributed by atoms with Crippen LogP contribution in [-0.4, -0.2) is 73.2 Å². The van der Waals surface area contributed by atoms with Gasteiger partial charge in [-0.2, -0.15) is 0 Å². The number of carbonyl (C=O) groups is 1. The Balaban J connectivity index is 2.76. The van der Waals surface area contributed by atoms with Crippen LogP contribution in [0.1, 0.15) is 41.0 Å². The largest absolute Gasteiger partial charge is 0.468 e. The fraction of sp³-hybridized carbons (Fsp3) is 0.938. The van der Waals surface area contributed by atoms with Crippen molar-refractivity contribution in [3.05, 3.63) is 0 Å². The Morgan fingerprint density at radius 1 is 1.38 bits per heavy atom. The monoisotopic (exact) mass is 299 g/mol. The van der Waals surface area contributed by atoms with Crippen LogP contribution in [0.25, 0.3) is 0 Å². The van der Waals surface area contributed by atoms with E-state index >= 15 is 0 Å². The zero-order valence-corrected chi connectivity index (χ0v) is 14.8. The molecule has 0 aromatic rings. The zero-order chi connectivity index (χ0) is 16.2. The van der Waals surface area contributed by atoms with Gasteiger partial charge in [0.1, 0.15) is 5.54 Å². The molecule has 1 fully saturated rings. The van der Waals surface area contributed by atoms with Gasteiger partial charge in [-0.15, -0.1) is 0 Å². The average molecular weight is 299 g/mol. The predicted molar refractivity (Wildman–Crippen MR) is 86.4 cm³/mol. The summed E-state index contributed by atoms with van der Waals surface area (Å²) >= 11 is 0. The number of nitrogens with zero attached hydrogens (tertiary/aromatic N) is 2. The second-order valence-corrected chi connectivity index (χ2v) is 7.02. The van der Waals surface area contributed by atoms with Crippen LogP contribution in [-0.2, 0) is 9.53 Å². The third kappa shape index (κ3) is 4.94. The van der Waals surface area contributed by atoms with Gasteiger partial charge < -0.3 is 9.64 Å². The van der Waals surface area contributed by atoms with Gasteiger partial charge in [-0.1, -0.05) is 0 Å². The Morgan fingerprint density at radius 2 is 2.00 bits per heavy atom. The molecule has 1 rings (SSSR count). The molecule has 0 saturated carbocycles. The van der Waals surface area contributed by atoms with Crippen molar-refractivity contribution in [2.24, 2.45) is 0 Å². The highest BCUT2D eigenvalue weighted by molar-refractivity contribution is 5.80.